The van der Waals surface area contributed by atoms with E-state index in [0.717, 1.165) is 24.4 Å². The molecule has 1 fully saturated rings. The molecule has 1 aromatic rings. The molecule has 1 amide bonds. The smallest absolute Gasteiger partial charge is 0.237 e. The van der Waals surface area contributed by atoms with E-state index in [1.807, 2.05) is 6.92 Å². The van der Waals surface area contributed by atoms with Crippen LogP contribution in [0.2, 0.25) is 0 Å². The molecule has 0 aromatic heterocycles. The van der Waals surface area contributed by atoms with E-state index in [9.17, 15) is 4.79 Å². The van der Waals surface area contributed by atoms with Crippen LogP contribution in [0.15, 0.2) is 24.3 Å². The second kappa shape index (κ2) is 10.8. The van der Waals surface area contributed by atoms with E-state index in [4.69, 9.17) is 5.73 Å². The highest BCUT2D eigenvalue weighted by Gasteiger charge is 2.19. The summed E-state index contributed by atoms with van der Waals surface area (Å²) < 4.78 is 0. The third-order valence-electron chi connectivity index (χ3n) is 5.33. The summed E-state index contributed by atoms with van der Waals surface area (Å²) in [6.07, 6.45) is 3.53. The number of nitrogens with one attached hydrogen (secondary N) is 1. The molecule has 1 aromatic carbocycles. The van der Waals surface area contributed by atoms with Crippen LogP contribution in [0, 0.1) is 11.8 Å². The second-order valence-corrected chi connectivity index (χ2v) is 7.40. The standard InChI is InChI=1S/C20H33N3O.ClH/c1-4-16(3)19(21)20(24)22-13-17-5-7-18(8-6-17)14-23-11-9-15(2)10-12-23;/h5-8,15-16,19H,4,9-14,21H2,1-3H3,(H,22,24);1H. The Morgan fingerprint density at radius 2 is 1.80 bits per heavy atom. The van der Waals surface area contributed by atoms with Gasteiger partial charge in [0.25, 0.3) is 0 Å². The van der Waals surface area contributed by atoms with Gasteiger partial charge in [0.1, 0.15) is 0 Å². The Morgan fingerprint density at radius 3 is 2.36 bits per heavy atom. The number of carbonyl (C=O) groups excluding carboxylic acids is 1. The van der Waals surface area contributed by atoms with Crippen LogP contribution in [0.3, 0.4) is 0 Å². The molecule has 2 unspecified atom stereocenters. The molecule has 25 heavy (non-hydrogen) atoms. The minimum Gasteiger partial charge on any atom is -0.351 e. The third-order valence-corrected chi connectivity index (χ3v) is 5.33. The van der Waals surface area contributed by atoms with Gasteiger partial charge in [-0.2, -0.15) is 0 Å². The normalized spacial score (nSPS) is 18.2. The fraction of sp³-hybridized carbons (Fsp3) is 0.650. The monoisotopic (exact) mass is 367 g/mol. The van der Waals surface area contributed by atoms with Crippen molar-refractivity contribution in [2.75, 3.05) is 13.1 Å². The topological polar surface area (TPSA) is 58.4 Å². The Hall–Kier alpha value is -1.10. The summed E-state index contributed by atoms with van der Waals surface area (Å²) in [7, 11) is 0. The Labute approximate surface area is 158 Å². The van der Waals surface area contributed by atoms with Gasteiger partial charge in [-0.1, -0.05) is 51.5 Å². The molecular formula is C20H34ClN3O. The minimum absolute atomic E-state index is 0. The maximum absolute atomic E-state index is 12.0. The third kappa shape index (κ3) is 6.96. The SMILES string of the molecule is CCC(C)C(N)C(=O)NCc1ccc(CN2CCC(C)CC2)cc1.Cl. The summed E-state index contributed by atoms with van der Waals surface area (Å²) >= 11 is 0. The number of carbonyl (C=O) groups is 1. The zero-order valence-corrected chi connectivity index (χ0v) is 16.6. The van der Waals surface area contributed by atoms with Crippen LogP contribution in [-0.4, -0.2) is 29.9 Å². The first kappa shape index (κ1) is 21.9. The van der Waals surface area contributed by atoms with Gasteiger partial charge in [0.15, 0.2) is 0 Å². The van der Waals surface area contributed by atoms with Gasteiger partial charge < -0.3 is 11.1 Å². The Bertz CT molecular complexity index is 512. The number of hydrogen-bond donors (Lipinski definition) is 2. The van der Waals surface area contributed by atoms with Crippen LogP contribution in [0.1, 0.15) is 51.2 Å². The fourth-order valence-corrected chi connectivity index (χ4v) is 3.06. The molecule has 1 heterocycles. The van der Waals surface area contributed by atoms with Crippen molar-refractivity contribution in [3.8, 4) is 0 Å². The molecular weight excluding hydrogens is 334 g/mol. The van der Waals surface area contributed by atoms with Gasteiger partial charge in [0, 0.05) is 13.1 Å². The molecule has 4 nitrogen and oxygen atoms in total. The molecule has 1 saturated heterocycles. The summed E-state index contributed by atoms with van der Waals surface area (Å²) in [5, 5.41) is 2.95. The average Bonchev–Trinajstić information content (AvgIpc) is 2.61. The van der Waals surface area contributed by atoms with Crippen molar-refractivity contribution in [3.63, 3.8) is 0 Å². The van der Waals surface area contributed by atoms with E-state index < -0.39 is 6.04 Å². The van der Waals surface area contributed by atoms with Crippen LogP contribution < -0.4 is 11.1 Å². The lowest BCUT2D eigenvalue weighted by Gasteiger charge is -2.30. The van der Waals surface area contributed by atoms with Gasteiger partial charge in [-0.05, 0) is 48.9 Å². The van der Waals surface area contributed by atoms with E-state index in [-0.39, 0.29) is 24.2 Å². The first-order valence-corrected chi connectivity index (χ1v) is 9.33. The van der Waals surface area contributed by atoms with Gasteiger partial charge >= 0.3 is 0 Å². The molecule has 1 aliphatic rings. The minimum atomic E-state index is -0.421. The predicted molar refractivity (Wildman–Crippen MR) is 107 cm³/mol. The molecule has 2 atom stereocenters. The van der Waals surface area contributed by atoms with Crippen LogP contribution in [0.5, 0.6) is 0 Å². The lowest BCUT2D eigenvalue weighted by Crippen LogP contribution is -2.44. The number of halogens is 1. The maximum Gasteiger partial charge on any atom is 0.237 e. The zero-order valence-electron chi connectivity index (χ0n) is 15.8. The number of nitrogens with zero attached hydrogens (tertiary/aromatic N) is 1. The Balaban J connectivity index is 0.00000312. The molecule has 2 rings (SSSR count). The molecule has 142 valence electrons. The highest BCUT2D eigenvalue weighted by Crippen LogP contribution is 2.18. The highest BCUT2D eigenvalue weighted by atomic mass is 35.5. The van der Waals surface area contributed by atoms with Gasteiger partial charge in [0.05, 0.1) is 6.04 Å². The lowest BCUT2D eigenvalue weighted by atomic mass is 9.98. The van der Waals surface area contributed by atoms with Crippen molar-refractivity contribution in [1.29, 1.82) is 0 Å². The molecule has 0 bridgehead atoms. The van der Waals surface area contributed by atoms with Crippen molar-refractivity contribution in [2.45, 2.75) is 59.2 Å². The van der Waals surface area contributed by atoms with Crippen molar-refractivity contribution in [2.24, 2.45) is 17.6 Å². The average molecular weight is 368 g/mol. The number of rotatable bonds is 7. The van der Waals surface area contributed by atoms with E-state index in [2.05, 4.69) is 48.3 Å². The molecule has 0 radical (unpaired) electrons. The molecule has 3 N–H and O–H groups in total. The first-order chi connectivity index (χ1) is 11.5. The quantitative estimate of drug-likeness (QED) is 0.777. The number of piperidine rings is 1. The van der Waals surface area contributed by atoms with Crippen LogP contribution in [-0.2, 0) is 17.9 Å². The number of hydrogen-bond acceptors (Lipinski definition) is 3. The van der Waals surface area contributed by atoms with Crippen molar-refractivity contribution >= 4 is 18.3 Å². The zero-order chi connectivity index (χ0) is 17.5. The molecule has 0 aliphatic carbocycles. The van der Waals surface area contributed by atoms with Gasteiger partial charge in [-0.15, -0.1) is 12.4 Å². The first-order valence-electron chi connectivity index (χ1n) is 9.33. The molecule has 0 saturated carbocycles. The van der Waals surface area contributed by atoms with E-state index in [0.29, 0.717) is 6.54 Å². The second-order valence-electron chi connectivity index (χ2n) is 7.40. The van der Waals surface area contributed by atoms with Gasteiger partial charge in [-0.25, -0.2) is 0 Å². The molecule has 0 spiro atoms. The largest absolute Gasteiger partial charge is 0.351 e. The summed E-state index contributed by atoms with van der Waals surface area (Å²) in [6, 6.07) is 8.15. The van der Waals surface area contributed by atoms with E-state index in [1.54, 1.807) is 0 Å². The predicted octanol–water partition coefficient (Wildman–Crippen LogP) is 3.33. The van der Waals surface area contributed by atoms with E-state index >= 15 is 0 Å². The molecule has 1 aliphatic heterocycles. The van der Waals surface area contributed by atoms with Crippen LogP contribution >= 0.6 is 12.4 Å². The fourth-order valence-electron chi connectivity index (χ4n) is 3.06. The maximum atomic E-state index is 12.0. The van der Waals surface area contributed by atoms with Crippen LogP contribution in [0.25, 0.3) is 0 Å². The van der Waals surface area contributed by atoms with Crippen LogP contribution in [0.4, 0.5) is 0 Å². The summed E-state index contributed by atoms with van der Waals surface area (Å²) in [5.41, 5.74) is 8.42. The van der Waals surface area contributed by atoms with Crippen molar-refractivity contribution in [3.05, 3.63) is 35.4 Å². The van der Waals surface area contributed by atoms with E-state index in [1.165, 1.54) is 31.5 Å². The number of nitrogens with two attached hydrogens (primary N) is 1. The summed E-state index contributed by atoms with van der Waals surface area (Å²) in [6.45, 7) is 10.4. The summed E-state index contributed by atoms with van der Waals surface area (Å²) in [4.78, 5) is 14.6. The number of amides is 1. The summed E-state index contributed by atoms with van der Waals surface area (Å²) in [5.74, 6) is 1.02. The van der Waals surface area contributed by atoms with Crippen molar-refractivity contribution in [1.82, 2.24) is 10.2 Å². The van der Waals surface area contributed by atoms with Gasteiger partial charge in [0.2, 0.25) is 5.91 Å². The number of likely N-dealkylation sites (tertiary alicyclic amines) is 1. The van der Waals surface area contributed by atoms with Gasteiger partial charge in [-0.3, -0.25) is 9.69 Å². The highest BCUT2D eigenvalue weighted by molar-refractivity contribution is 5.85. The Kier molecular flexibility index (Phi) is 9.47. The Morgan fingerprint density at radius 1 is 1.24 bits per heavy atom. The van der Waals surface area contributed by atoms with Crippen molar-refractivity contribution < 1.29 is 4.79 Å². The lowest BCUT2D eigenvalue weighted by molar-refractivity contribution is -0.123. The molecule has 5 heteroatoms. The number of benzene rings is 1.